The van der Waals surface area contributed by atoms with Gasteiger partial charge in [-0.3, -0.25) is 9.79 Å². The molecule has 1 amide bonds. The molecule has 8 heteroatoms. The molecule has 2 rings (SSSR count). The molecule has 1 aromatic rings. The Morgan fingerprint density at radius 2 is 2.16 bits per heavy atom. The Balaban J connectivity index is 1.86. The lowest BCUT2D eigenvalue weighted by molar-refractivity contribution is -0.140. The first-order valence-electron chi connectivity index (χ1n) is 8.16. The van der Waals surface area contributed by atoms with E-state index >= 15 is 0 Å². The Labute approximate surface area is 158 Å². The summed E-state index contributed by atoms with van der Waals surface area (Å²) in [7, 11) is 3.45. The Kier molecular flexibility index (Phi) is 6.93. The quantitative estimate of drug-likeness (QED) is 0.601. The Morgan fingerprint density at radius 3 is 2.80 bits per heavy atom. The van der Waals surface area contributed by atoms with Crippen molar-refractivity contribution >= 4 is 35.1 Å². The van der Waals surface area contributed by atoms with Crippen molar-refractivity contribution in [3.63, 3.8) is 0 Å². The maximum atomic E-state index is 11.9. The van der Waals surface area contributed by atoms with Crippen molar-refractivity contribution in [1.29, 1.82) is 0 Å². The lowest BCUT2D eigenvalue weighted by Gasteiger charge is -2.18. The largest absolute Gasteiger partial charge is 0.370 e. The van der Waals surface area contributed by atoms with E-state index < -0.39 is 0 Å². The number of rotatable bonds is 5. The van der Waals surface area contributed by atoms with Crippen LogP contribution in [0.3, 0.4) is 0 Å². The molecular formula is C17H24Cl2N4O2. The van der Waals surface area contributed by atoms with Crippen LogP contribution in [0.15, 0.2) is 23.2 Å². The second-order valence-electron chi connectivity index (χ2n) is 6.31. The number of benzene rings is 1. The van der Waals surface area contributed by atoms with Gasteiger partial charge in [0.2, 0.25) is 0 Å². The maximum absolute atomic E-state index is 11.9. The van der Waals surface area contributed by atoms with Crippen molar-refractivity contribution in [3.05, 3.63) is 33.8 Å². The van der Waals surface area contributed by atoms with Gasteiger partial charge in [0.05, 0.1) is 18.7 Å². The molecule has 0 spiro atoms. The van der Waals surface area contributed by atoms with E-state index in [1.54, 1.807) is 31.1 Å². The van der Waals surface area contributed by atoms with Crippen molar-refractivity contribution in [1.82, 2.24) is 10.2 Å². The van der Waals surface area contributed by atoms with Crippen LogP contribution in [0, 0.1) is 0 Å². The van der Waals surface area contributed by atoms with Crippen LogP contribution in [-0.2, 0) is 9.53 Å². The molecule has 1 aromatic carbocycles. The van der Waals surface area contributed by atoms with E-state index in [1.165, 1.54) is 0 Å². The molecule has 1 fully saturated rings. The highest BCUT2D eigenvalue weighted by molar-refractivity contribution is 6.35. The molecule has 0 radical (unpaired) electrons. The van der Waals surface area contributed by atoms with Gasteiger partial charge >= 0.3 is 0 Å². The second kappa shape index (κ2) is 8.74. The number of ether oxygens (including phenoxy) is 1. The summed E-state index contributed by atoms with van der Waals surface area (Å²) in [5.74, 6) is 0.299. The Morgan fingerprint density at radius 1 is 1.44 bits per heavy atom. The lowest BCUT2D eigenvalue weighted by Crippen LogP contribution is -2.35. The van der Waals surface area contributed by atoms with Gasteiger partial charge in [-0.05, 0) is 37.5 Å². The highest BCUT2D eigenvalue weighted by Gasteiger charge is 2.31. The third-order valence-electron chi connectivity index (χ3n) is 4.08. The SMILES string of the molecule is CC(NC(N)=NCC1CCC(C(=O)N(C)C)O1)c1ccc(Cl)cc1Cl. The maximum Gasteiger partial charge on any atom is 0.251 e. The van der Waals surface area contributed by atoms with Crippen LogP contribution in [0.25, 0.3) is 0 Å². The number of carbonyl (C=O) groups is 1. The average Bonchev–Trinajstić information content (AvgIpc) is 3.00. The molecular weight excluding hydrogens is 363 g/mol. The fraction of sp³-hybridized carbons (Fsp3) is 0.529. The molecule has 3 N–H and O–H groups in total. The Hall–Kier alpha value is -1.50. The van der Waals surface area contributed by atoms with Crippen molar-refractivity contribution in [2.45, 2.75) is 38.0 Å². The molecule has 6 nitrogen and oxygen atoms in total. The zero-order valence-corrected chi connectivity index (χ0v) is 16.1. The minimum absolute atomic E-state index is 0.0106. The van der Waals surface area contributed by atoms with Gasteiger partial charge in [0, 0.05) is 24.1 Å². The van der Waals surface area contributed by atoms with Gasteiger partial charge in [0.1, 0.15) is 6.10 Å². The topological polar surface area (TPSA) is 79.9 Å². The van der Waals surface area contributed by atoms with Gasteiger partial charge in [-0.15, -0.1) is 0 Å². The summed E-state index contributed by atoms with van der Waals surface area (Å²) in [6.07, 6.45) is 1.03. The average molecular weight is 387 g/mol. The molecule has 25 heavy (non-hydrogen) atoms. The molecule has 1 aliphatic rings. The summed E-state index contributed by atoms with van der Waals surface area (Å²) in [6.45, 7) is 2.35. The zero-order valence-electron chi connectivity index (χ0n) is 14.6. The smallest absolute Gasteiger partial charge is 0.251 e. The molecule has 1 saturated heterocycles. The molecule has 0 aliphatic carbocycles. The van der Waals surface area contributed by atoms with Crippen LogP contribution < -0.4 is 11.1 Å². The van der Waals surface area contributed by atoms with E-state index in [4.69, 9.17) is 33.7 Å². The minimum atomic E-state index is -0.379. The standard InChI is InChI=1S/C17H24Cl2N4O2/c1-10(13-6-4-11(18)8-14(13)19)22-17(20)21-9-12-5-7-15(25-12)16(24)23(2)3/h4,6,8,10,12,15H,5,7,9H2,1-3H3,(H3,20,21,22). The highest BCUT2D eigenvalue weighted by Crippen LogP contribution is 2.26. The van der Waals surface area contributed by atoms with Gasteiger partial charge in [0.15, 0.2) is 5.96 Å². The molecule has 0 aromatic heterocycles. The molecule has 3 unspecified atom stereocenters. The first-order chi connectivity index (χ1) is 11.8. The summed E-state index contributed by atoms with van der Waals surface area (Å²) in [6, 6.07) is 5.22. The molecule has 138 valence electrons. The number of amides is 1. The van der Waals surface area contributed by atoms with Crippen molar-refractivity contribution in [2.24, 2.45) is 10.7 Å². The summed E-state index contributed by atoms with van der Waals surface area (Å²) in [4.78, 5) is 17.8. The molecule has 0 saturated carbocycles. The molecule has 0 bridgehead atoms. The van der Waals surface area contributed by atoms with Crippen LogP contribution in [0.2, 0.25) is 10.0 Å². The summed E-state index contributed by atoms with van der Waals surface area (Å²) < 4.78 is 5.74. The third kappa shape index (κ3) is 5.49. The second-order valence-corrected chi connectivity index (χ2v) is 7.16. The fourth-order valence-corrected chi connectivity index (χ4v) is 3.28. The monoisotopic (exact) mass is 386 g/mol. The molecule has 1 aliphatic heterocycles. The summed E-state index contributed by atoms with van der Waals surface area (Å²) in [5.41, 5.74) is 6.84. The zero-order chi connectivity index (χ0) is 18.6. The highest BCUT2D eigenvalue weighted by atomic mass is 35.5. The van der Waals surface area contributed by atoms with E-state index in [-0.39, 0.29) is 24.2 Å². The number of carbonyl (C=O) groups excluding carboxylic acids is 1. The number of nitrogens with one attached hydrogen (secondary N) is 1. The van der Waals surface area contributed by atoms with E-state index in [0.717, 1.165) is 12.0 Å². The first-order valence-corrected chi connectivity index (χ1v) is 8.91. The van der Waals surface area contributed by atoms with Gasteiger partial charge in [0.25, 0.3) is 5.91 Å². The molecule has 3 atom stereocenters. The van der Waals surface area contributed by atoms with Crippen LogP contribution in [0.4, 0.5) is 0 Å². The molecule has 1 heterocycles. The van der Waals surface area contributed by atoms with Crippen LogP contribution in [0.1, 0.15) is 31.4 Å². The summed E-state index contributed by atoms with van der Waals surface area (Å²) in [5, 5.41) is 4.26. The van der Waals surface area contributed by atoms with Crippen LogP contribution >= 0.6 is 23.2 Å². The summed E-state index contributed by atoms with van der Waals surface area (Å²) >= 11 is 12.1. The minimum Gasteiger partial charge on any atom is -0.370 e. The predicted molar refractivity (Wildman–Crippen MR) is 101 cm³/mol. The number of aliphatic imine (C=N–C) groups is 1. The van der Waals surface area contributed by atoms with Gasteiger partial charge in [-0.25, -0.2) is 0 Å². The third-order valence-corrected chi connectivity index (χ3v) is 4.64. The number of hydrogen-bond donors (Lipinski definition) is 2. The van der Waals surface area contributed by atoms with Crippen molar-refractivity contribution < 1.29 is 9.53 Å². The first kappa shape index (κ1) is 19.8. The van der Waals surface area contributed by atoms with E-state index in [1.807, 2.05) is 13.0 Å². The number of halogens is 2. The van der Waals surface area contributed by atoms with Crippen LogP contribution in [0.5, 0.6) is 0 Å². The van der Waals surface area contributed by atoms with Crippen molar-refractivity contribution in [2.75, 3.05) is 20.6 Å². The van der Waals surface area contributed by atoms with Crippen LogP contribution in [-0.4, -0.2) is 49.6 Å². The van der Waals surface area contributed by atoms with Gasteiger partial charge in [-0.1, -0.05) is 29.3 Å². The van der Waals surface area contributed by atoms with Gasteiger partial charge in [-0.2, -0.15) is 0 Å². The van der Waals surface area contributed by atoms with E-state index in [9.17, 15) is 4.79 Å². The number of nitrogens with two attached hydrogens (primary N) is 1. The van der Waals surface area contributed by atoms with Crippen molar-refractivity contribution in [3.8, 4) is 0 Å². The van der Waals surface area contributed by atoms with E-state index in [0.29, 0.717) is 29.0 Å². The Bertz CT molecular complexity index is 652. The number of guanidine groups is 1. The number of nitrogens with zero attached hydrogens (tertiary/aromatic N) is 2. The predicted octanol–water partition coefficient (Wildman–Crippen LogP) is 2.59. The normalized spacial score (nSPS) is 21.9. The van der Waals surface area contributed by atoms with Gasteiger partial charge < -0.3 is 20.7 Å². The fourth-order valence-electron chi connectivity index (χ4n) is 2.71. The lowest BCUT2D eigenvalue weighted by atomic mass is 10.1. The number of likely N-dealkylation sites (N-methyl/N-ethyl adjacent to an activating group) is 1. The van der Waals surface area contributed by atoms with E-state index in [2.05, 4.69) is 10.3 Å². The number of hydrogen-bond acceptors (Lipinski definition) is 3.